The van der Waals surface area contributed by atoms with Crippen LogP contribution in [0.5, 0.6) is 5.88 Å². The average molecular weight is 455 g/mol. The first-order valence-corrected chi connectivity index (χ1v) is 11.6. The van der Waals surface area contributed by atoms with Crippen molar-refractivity contribution in [2.75, 3.05) is 0 Å². The molecule has 5 nitrogen and oxygen atoms in total. The minimum Gasteiger partial charge on any atom is -0.473 e. The van der Waals surface area contributed by atoms with Gasteiger partial charge in [-0.1, -0.05) is 48.0 Å². The molecular formula is C27H23ClN4O. The van der Waals surface area contributed by atoms with Gasteiger partial charge < -0.3 is 14.3 Å². The lowest BCUT2D eigenvalue weighted by Crippen LogP contribution is -2.17. The number of aromatic nitrogens is 4. The number of ether oxygens (including phenoxy) is 1. The first-order valence-electron chi connectivity index (χ1n) is 11.2. The van der Waals surface area contributed by atoms with E-state index in [1.54, 1.807) is 0 Å². The van der Waals surface area contributed by atoms with Crippen LogP contribution in [0.3, 0.4) is 0 Å². The van der Waals surface area contributed by atoms with Gasteiger partial charge >= 0.3 is 0 Å². The molecule has 1 N–H and O–H groups in total. The minimum absolute atomic E-state index is 0.290. The summed E-state index contributed by atoms with van der Waals surface area (Å²) in [5, 5.41) is 1.77. The zero-order valence-electron chi connectivity index (χ0n) is 18.0. The van der Waals surface area contributed by atoms with Gasteiger partial charge in [-0.2, -0.15) is 0 Å². The van der Waals surface area contributed by atoms with Crippen LogP contribution in [-0.4, -0.2) is 19.5 Å². The molecule has 33 heavy (non-hydrogen) atoms. The summed E-state index contributed by atoms with van der Waals surface area (Å²) in [6.07, 6.45) is 11.2. The molecule has 2 aromatic carbocycles. The largest absolute Gasteiger partial charge is 0.473 e. The number of imidazole rings is 1. The maximum atomic E-state index is 6.09. The van der Waals surface area contributed by atoms with Gasteiger partial charge in [0, 0.05) is 28.2 Å². The Morgan fingerprint density at radius 2 is 2.03 bits per heavy atom. The van der Waals surface area contributed by atoms with Gasteiger partial charge in [-0.3, -0.25) is 0 Å². The molecule has 3 heterocycles. The van der Waals surface area contributed by atoms with Crippen molar-refractivity contribution in [3.63, 3.8) is 0 Å². The zero-order valence-corrected chi connectivity index (χ0v) is 18.8. The predicted octanol–water partition coefficient (Wildman–Crippen LogP) is 6.58. The monoisotopic (exact) mass is 454 g/mol. The third-order valence-corrected chi connectivity index (χ3v) is 6.67. The van der Waals surface area contributed by atoms with Crippen LogP contribution in [0.25, 0.3) is 22.2 Å². The van der Waals surface area contributed by atoms with Crippen molar-refractivity contribution in [2.45, 2.75) is 31.9 Å². The van der Waals surface area contributed by atoms with E-state index in [0.717, 1.165) is 40.6 Å². The number of H-pyrrole nitrogens is 1. The van der Waals surface area contributed by atoms with E-state index in [-0.39, 0.29) is 6.04 Å². The Bertz CT molecular complexity index is 1440. The highest BCUT2D eigenvalue weighted by molar-refractivity contribution is 6.30. The van der Waals surface area contributed by atoms with E-state index in [4.69, 9.17) is 16.3 Å². The van der Waals surface area contributed by atoms with E-state index in [1.165, 1.54) is 17.5 Å². The number of nitrogens with zero attached hydrogens (tertiary/aromatic N) is 3. The Labute approximate surface area is 197 Å². The first kappa shape index (κ1) is 20.1. The van der Waals surface area contributed by atoms with Crippen LogP contribution in [0.2, 0.25) is 5.02 Å². The smallest absolute Gasteiger partial charge is 0.214 e. The quantitative estimate of drug-likeness (QED) is 0.326. The highest BCUT2D eigenvalue weighted by atomic mass is 35.5. The predicted molar refractivity (Wildman–Crippen MR) is 131 cm³/mol. The summed E-state index contributed by atoms with van der Waals surface area (Å²) in [6.45, 7) is 0.412. The molecule has 1 aliphatic rings. The van der Waals surface area contributed by atoms with Crippen LogP contribution in [0.4, 0.5) is 0 Å². The average Bonchev–Trinajstić information content (AvgIpc) is 3.49. The Hall–Kier alpha value is -3.57. The van der Waals surface area contributed by atoms with Crippen LogP contribution in [0.15, 0.2) is 79.5 Å². The molecule has 164 valence electrons. The summed E-state index contributed by atoms with van der Waals surface area (Å²) in [7, 11) is 0. The van der Waals surface area contributed by atoms with Crippen LogP contribution in [-0.2, 0) is 13.0 Å². The van der Waals surface area contributed by atoms with Crippen molar-refractivity contribution >= 4 is 22.5 Å². The number of nitrogens with one attached hydrogen (secondary N) is 1. The summed E-state index contributed by atoms with van der Waals surface area (Å²) >= 11 is 6.09. The molecule has 1 atom stereocenters. The van der Waals surface area contributed by atoms with E-state index >= 15 is 0 Å². The standard InChI is InChI=1S/C27H23ClN4O/c28-20-8-3-5-18(11-20)16-33-27-12-22-23(13-30-24(22)14-31-27)26-15-29-17-32(26)25-10-4-7-19-6-1-2-9-21(19)25/h1-3,5-6,8-9,11-15,17,25,30H,4,7,10,16H2. The lowest BCUT2D eigenvalue weighted by Gasteiger charge is -2.28. The number of aromatic amines is 1. The highest BCUT2D eigenvalue weighted by Crippen LogP contribution is 2.37. The van der Waals surface area contributed by atoms with Gasteiger partial charge in [-0.25, -0.2) is 9.97 Å². The molecule has 0 saturated carbocycles. The molecule has 1 aliphatic carbocycles. The fraction of sp³-hybridized carbons (Fsp3) is 0.185. The van der Waals surface area contributed by atoms with E-state index < -0.39 is 0 Å². The molecule has 0 amide bonds. The van der Waals surface area contributed by atoms with Gasteiger partial charge in [0.25, 0.3) is 0 Å². The minimum atomic E-state index is 0.290. The molecule has 1 unspecified atom stereocenters. The van der Waals surface area contributed by atoms with Crippen molar-refractivity contribution in [3.05, 3.63) is 101 Å². The van der Waals surface area contributed by atoms with Crippen LogP contribution in [0, 0.1) is 0 Å². The van der Waals surface area contributed by atoms with Gasteiger partial charge in [0.05, 0.1) is 36.0 Å². The summed E-state index contributed by atoms with van der Waals surface area (Å²) < 4.78 is 8.30. The molecule has 6 rings (SSSR count). The number of hydrogen-bond acceptors (Lipinski definition) is 3. The van der Waals surface area contributed by atoms with Crippen LogP contribution in [0.1, 0.15) is 35.6 Å². The number of pyridine rings is 1. The summed E-state index contributed by atoms with van der Waals surface area (Å²) in [5.74, 6) is 0.581. The molecule has 5 aromatic rings. The Kier molecular flexibility index (Phi) is 5.11. The Morgan fingerprint density at radius 1 is 1.09 bits per heavy atom. The van der Waals surface area contributed by atoms with Gasteiger partial charge in [0.1, 0.15) is 6.61 Å². The van der Waals surface area contributed by atoms with Crippen molar-refractivity contribution in [1.29, 1.82) is 0 Å². The normalized spacial score (nSPS) is 15.5. The first-order chi connectivity index (χ1) is 16.3. The molecule has 6 heteroatoms. The lowest BCUT2D eigenvalue weighted by molar-refractivity contribution is 0.294. The molecule has 0 saturated heterocycles. The fourth-order valence-electron chi connectivity index (χ4n) is 4.86. The van der Waals surface area contributed by atoms with Crippen molar-refractivity contribution in [2.24, 2.45) is 0 Å². The number of aryl methyl sites for hydroxylation is 1. The van der Waals surface area contributed by atoms with E-state index in [2.05, 4.69) is 43.8 Å². The topological polar surface area (TPSA) is 55.7 Å². The number of benzene rings is 2. The third kappa shape index (κ3) is 3.79. The lowest BCUT2D eigenvalue weighted by atomic mass is 9.87. The second-order valence-corrected chi connectivity index (χ2v) is 8.92. The second-order valence-electron chi connectivity index (χ2n) is 8.48. The van der Waals surface area contributed by atoms with Crippen LogP contribution >= 0.6 is 11.6 Å². The molecule has 0 spiro atoms. The Morgan fingerprint density at radius 3 is 2.97 bits per heavy atom. The SMILES string of the molecule is Clc1cccc(COc2cc3c(-c4cncn4C4CCCc5ccccc54)c[nH]c3cn2)c1. The van der Waals surface area contributed by atoms with E-state index in [0.29, 0.717) is 17.5 Å². The molecule has 3 aromatic heterocycles. The van der Waals surface area contributed by atoms with Gasteiger partial charge in [-0.05, 0) is 48.1 Å². The number of fused-ring (bicyclic) bond motifs is 2. The van der Waals surface area contributed by atoms with E-state index in [1.807, 2.05) is 55.2 Å². The van der Waals surface area contributed by atoms with E-state index in [9.17, 15) is 0 Å². The molecule has 0 aliphatic heterocycles. The van der Waals surface area contributed by atoms with Gasteiger partial charge in [0.15, 0.2) is 0 Å². The molecule has 0 fully saturated rings. The highest BCUT2D eigenvalue weighted by Gasteiger charge is 2.24. The fourth-order valence-corrected chi connectivity index (χ4v) is 5.07. The molecular weight excluding hydrogens is 432 g/mol. The Balaban J connectivity index is 1.34. The maximum Gasteiger partial charge on any atom is 0.214 e. The van der Waals surface area contributed by atoms with Crippen molar-refractivity contribution in [1.82, 2.24) is 19.5 Å². The maximum absolute atomic E-state index is 6.09. The summed E-state index contributed by atoms with van der Waals surface area (Å²) in [5.41, 5.74) is 7.00. The number of hydrogen-bond donors (Lipinski definition) is 1. The third-order valence-electron chi connectivity index (χ3n) is 6.43. The van der Waals surface area contributed by atoms with Gasteiger partial charge in [-0.15, -0.1) is 0 Å². The van der Waals surface area contributed by atoms with Crippen molar-refractivity contribution in [3.8, 4) is 17.1 Å². The van der Waals surface area contributed by atoms with Crippen LogP contribution < -0.4 is 4.74 Å². The van der Waals surface area contributed by atoms with Gasteiger partial charge in [0.2, 0.25) is 5.88 Å². The number of halogens is 1. The molecule has 0 bridgehead atoms. The summed E-state index contributed by atoms with van der Waals surface area (Å²) in [6, 6.07) is 18.7. The van der Waals surface area contributed by atoms with Crippen molar-refractivity contribution < 1.29 is 4.74 Å². The molecule has 0 radical (unpaired) electrons. The summed E-state index contributed by atoms with van der Waals surface area (Å²) in [4.78, 5) is 12.4. The zero-order chi connectivity index (χ0) is 22.2. The number of rotatable bonds is 5. The second kappa shape index (κ2) is 8.41.